The Kier molecular flexibility index (Phi) is 4.77. The van der Waals surface area contributed by atoms with Crippen LogP contribution >= 0.6 is 0 Å². The van der Waals surface area contributed by atoms with Crippen LogP contribution in [0.25, 0.3) is 11.4 Å². The molecule has 1 heterocycles. The molecule has 0 saturated heterocycles. The van der Waals surface area contributed by atoms with Crippen molar-refractivity contribution in [3.05, 3.63) is 30.6 Å². The van der Waals surface area contributed by atoms with Crippen LogP contribution < -0.4 is 5.32 Å². The highest BCUT2D eigenvalue weighted by Gasteiger charge is 2.07. The average molecular weight is 272 g/mol. The van der Waals surface area contributed by atoms with Gasteiger partial charge in [-0.15, -0.1) is 10.2 Å². The monoisotopic (exact) mass is 272 g/mol. The van der Waals surface area contributed by atoms with Crippen molar-refractivity contribution in [3.63, 3.8) is 0 Å². The lowest BCUT2D eigenvalue weighted by molar-refractivity contribution is 0.528. The Balaban J connectivity index is 2.05. The highest BCUT2D eigenvalue weighted by atomic mass is 15.2. The molecule has 1 unspecified atom stereocenters. The predicted octanol–water partition coefficient (Wildman–Crippen LogP) is 3.72. The van der Waals surface area contributed by atoms with Crippen LogP contribution in [0.15, 0.2) is 30.6 Å². The van der Waals surface area contributed by atoms with Gasteiger partial charge in [0.25, 0.3) is 0 Å². The summed E-state index contributed by atoms with van der Waals surface area (Å²) in [5.41, 5.74) is 2.23. The van der Waals surface area contributed by atoms with Crippen LogP contribution in [0.5, 0.6) is 0 Å². The van der Waals surface area contributed by atoms with Gasteiger partial charge in [-0.2, -0.15) is 0 Å². The Bertz CT molecular complexity index is 545. The van der Waals surface area contributed by atoms with Gasteiger partial charge in [-0.3, -0.25) is 0 Å². The fourth-order valence-electron chi connectivity index (χ4n) is 2.23. The van der Waals surface area contributed by atoms with E-state index in [0.717, 1.165) is 23.0 Å². The molecule has 0 aliphatic carbocycles. The molecule has 4 heteroatoms. The SMILES string of the molecule is CC(C)CCC(C)Nc1cccc(-c2nncn2C)c1. The topological polar surface area (TPSA) is 42.7 Å². The lowest BCUT2D eigenvalue weighted by Crippen LogP contribution is -2.15. The molecule has 0 saturated carbocycles. The Hall–Kier alpha value is -1.84. The van der Waals surface area contributed by atoms with Gasteiger partial charge >= 0.3 is 0 Å². The lowest BCUT2D eigenvalue weighted by Gasteiger charge is -2.17. The summed E-state index contributed by atoms with van der Waals surface area (Å²) in [4.78, 5) is 0. The van der Waals surface area contributed by atoms with Gasteiger partial charge < -0.3 is 9.88 Å². The van der Waals surface area contributed by atoms with E-state index in [2.05, 4.69) is 60.6 Å². The van der Waals surface area contributed by atoms with E-state index in [9.17, 15) is 0 Å². The summed E-state index contributed by atoms with van der Waals surface area (Å²) >= 11 is 0. The number of nitrogens with zero attached hydrogens (tertiary/aromatic N) is 3. The minimum absolute atomic E-state index is 0.479. The normalized spacial score (nSPS) is 12.7. The van der Waals surface area contributed by atoms with Crippen molar-refractivity contribution in [1.29, 1.82) is 0 Å². The highest BCUT2D eigenvalue weighted by Crippen LogP contribution is 2.21. The Morgan fingerprint density at radius 3 is 2.65 bits per heavy atom. The van der Waals surface area contributed by atoms with Crippen LogP contribution in [-0.2, 0) is 7.05 Å². The van der Waals surface area contributed by atoms with E-state index in [1.54, 1.807) is 6.33 Å². The molecular weight excluding hydrogens is 248 g/mol. The van der Waals surface area contributed by atoms with Gasteiger partial charge in [-0.1, -0.05) is 26.0 Å². The second kappa shape index (κ2) is 6.55. The number of hydrogen-bond donors (Lipinski definition) is 1. The third kappa shape index (κ3) is 3.83. The minimum atomic E-state index is 0.479. The van der Waals surface area contributed by atoms with Crippen molar-refractivity contribution < 1.29 is 0 Å². The summed E-state index contributed by atoms with van der Waals surface area (Å²) in [6.45, 7) is 6.76. The fraction of sp³-hybridized carbons (Fsp3) is 0.500. The van der Waals surface area contributed by atoms with Gasteiger partial charge in [0.15, 0.2) is 5.82 Å². The standard InChI is InChI=1S/C16H24N4/c1-12(2)8-9-13(3)18-15-7-5-6-14(10-15)16-19-17-11-20(16)4/h5-7,10-13,18H,8-9H2,1-4H3. The lowest BCUT2D eigenvalue weighted by atomic mass is 10.0. The second-order valence-corrected chi connectivity index (χ2v) is 5.86. The number of nitrogens with one attached hydrogen (secondary N) is 1. The molecule has 2 aromatic rings. The summed E-state index contributed by atoms with van der Waals surface area (Å²) in [5.74, 6) is 1.65. The third-order valence-corrected chi connectivity index (χ3v) is 3.42. The molecule has 1 N–H and O–H groups in total. The van der Waals surface area contributed by atoms with Crippen LogP contribution in [0.4, 0.5) is 5.69 Å². The maximum absolute atomic E-state index is 4.15. The van der Waals surface area contributed by atoms with Gasteiger partial charge in [0.05, 0.1) is 0 Å². The molecule has 0 aliphatic heterocycles. The van der Waals surface area contributed by atoms with Crippen LogP contribution in [0.2, 0.25) is 0 Å². The molecule has 1 aromatic carbocycles. The predicted molar refractivity (Wildman–Crippen MR) is 83.6 cm³/mol. The largest absolute Gasteiger partial charge is 0.383 e. The van der Waals surface area contributed by atoms with Crippen molar-refractivity contribution in [3.8, 4) is 11.4 Å². The molecule has 1 atom stereocenters. The number of rotatable bonds is 6. The zero-order valence-corrected chi connectivity index (χ0v) is 12.8. The zero-order chi connectivity index (χ0) is 14.5. The van der Waals surface area contributed by atoms with Crippen molar-refractivity contribution in [2.24, 2.45) is 13.0 Å². The number of aromatic nitrogens is 3. The molecule has 0 bridgehead atoms. The molecule has 0 fully saturated rings. The van der Waals surface area contributed by atoms with Gasteiger partial charge in [0.1, 0.15) is 6.33 Å². The molecule has 0 aliphatic rings. The Morgan fingerprint density at radius 1 is 1.20 bits per heavy atom. The first kappa shape index (κ1) is 14.6. The summed E-state index contributed by atoms with van der Waals surface area (Å²) in [6, 6.07) is 8.84. The average Bonchev–Trinajstić information content (AvgIpc) is 2.83. The summed E-state index contributed by atoms with van der Waals surface area (Å²) in [5, 5.41) is 11.6. The first-order chi connectivity index (χ1) is 9.56. The first-order valence-electron chi connectivity index (χ1n) is 7.27. The van der Waals surface area contributed by atoms with E-state index in [0.29, 0.717) is 6.04 Å². The quantitative estimate of drug-likeness (QED) is 0.871. The van der Waals surface area contributed by atoms with Gasteiger partial charge in [0.2, 0.25) is 0 Å². The van der Waals surface area contributed by atoms with Crippen LogP contribution in [0, 0.1) is 5.92 Å². The molecule has 0 amide bonds. The van der Waals surface area contributed by atoms with Crippen molar-refractivity contribution in [1.82, 2.24) is 14.8 Å². The molecule has 0 radical (unpaired) electrons. The van der Waals surface area contributed by atoms with E-state index >= 15 is 0 Å². The number of benzene rings is 1. The molecule has 1 aromatic heterocycles. The van der Waals surface area contributed by atoms with E-state index in [1.165, 1.54) is 12.8 Å². The van der Waals surface area contributed by atoms with Gasteiger partial charge in [0, 0.05) is 24.3 Å². The van der Waals surface area contributed by atoms with Gasteiger partial charge in [-0.25, -0.2) is 0 Å². The fourth-order valence-corrected chi connectivity index (χ4v) is 2.23. The van der Waals surface area contributed by atoms with Gasteiger partial charge in [-0.05, 0) is 37.8 Å². The van der Waals surface area contributed by atoms with Crippen LogP contribution in [0.3, 0.4) is 0 Å². The molecule has 0 spiro atoms. The highest BCUT2D eigenvalue weighted by molar-refractivity contribution is 5.62. The summed E-state index contributed by atoms with van der Waals surface area (Å²) < 4.78 is 1.93. The number of anilines is 1. The first-order valence-corrected chi connectivity index (χ1v) is 7.27. The molecule has 2 rings (SSSR count). The molecule has 108 valence electrons. The molecule has 4 nitrogen and oxygen atoms in total. The van der Waals surface area contributed by atoms with E-state index < -0.39 is 0 Å². The molecular formula is C16H24N4. The zero-order valence-electron chi connectivity index (χ0n) is 12.8. The summed E-state index contributed by atoms with van der Waals surface area (Å²) in [6.07, 6.45) is 4.16. The number of hydrogen-bond acceptors (Lipinski definition) is 3. The third-order valence-electron chi connectivity index (χ3n) is 3.42. The van der Waals surface area contributed by atoms with Crippen molar-refractivity contribution in [2.45, 2.75) is 39.7 Å². The van der Waals surface area contributed by atoms with Crippen LogP contribution in [0.1, 0.15) is 33.6 Å². The van der Waals surface area contributed by atoms with Crippen LogP contribution in [-0.4, -0.2) is 20.8 Å². The van der Waals surface area contributed by atoms with E-state index in [1.807, 2.05) is 11.6 Å². The Labute approximate surface area is 121 Å². The van der Waals surface area contributed by atoms with E-state index in [4.69, 9.17) is 0 Å². The minimum Gasteiger partial charge on any atom is -0.383 e. The number of aryl methyl sites for hydroxylation is 1. The van der Waals surface area contributed by atoms with Crippen molar-refractivity contribution >= 4 is 5.69 Å². The molecule has 20 heavy (non-hydrogen) atoms. The van der Waals surface area contributed by atoms with Crippen molar-refractivity contribution in [2.75, 3.05) is 5.32 Å². The second-order valence-electron chi connectivity index (χ2n) is 5.86. The smallest absolute Gasteiger partial charge is 0.163 e. The summed E-state index contributed by atoms with van der Waals surface area (Å²) in [7, 11) is 1.96. The maximum atomic E-state index is 4.15. The maximum Gasteiger partial charge on any atom is 0.163 e. The Morgan fingerprint density at radius 2 is 2.00 bits per heavy atom. The van der Waals surface area contributed by atoms with E-state index in [-0.39, 0.29) is 0 Å².